The number of halogens is 2. The summed E-state index contributed by atoms with van der Waals surface area (Å²) < 4.78 is 37.1. The van der Waals surface area contributed by atoms with Crippen molar-refractivity contribution in [2.45, 2.75) is 6.92 Å². The van der Waals surface area contributed by atoms with E-state index in [0.717, 1.165) is 28.4 Å². The number of ether oxygens (including phenoxy) is 2. The standard InChI is InChI=1S/C23H18F2N2O5S/c1-14(28)27(20-9-5-16(24)11-19(20)25)23-26-17(13-33-23)6-10-21(29)15-3-7-18(8-4-15)32-12-22(30)31-2/h3-11,13H,12H2,1-2H3/b10-6+. The minimum absolute atomic E-state index is 0.126. The number of ketones is 1. The van der Waals surface area contributed by atoms with Gasteiger partial charge in [0, 0.05) is 23.9 Å². The van der Waals surface area contributed by atoms with Gasteiger partial charge in [-0.3, -0.25) is 14.5 Å². The smallest absolute Gasteiger partial charge is 0.343 e. The molecule has 0 fully saturated rings. The number of nitrogens with zero attached hydrogens (tertiary/aromatic N) is 2. The lowest BCUT2D eigenvalue weighted by Crippen LogP contribution is -2.23. The highest BCUT2D eigenvalue weighted by atomic mass is 32.1. The van der Waals surface area contributed by atoms with Crippen molar-refractivity contribution < 1.29 is 32.6 Å². The van der Waals surface area contributed by atoms with E-state index in [9.17, 15) is 23.2 Å². The summed E-state index contributed by atoms with van der Waals surface area (Å²) in [5.41, 5.74) is 0.639. The Morgan fingerprint density at radius 2 is 1.85 bits per heavy atom. The summed E-state index contributed by atoms with van der Waals surface area (Å²) in [5, 5.41) is 1.77. The van der Waals surface area contributed by atoms with Gasteiger partial charge in [-0.2, -0.15) is 0 Å². The molecule has 0 aliphatic heterocycles. The molecule has 1 aromatic heterocycles. The van der Waals surface area contributed by atoms with E-state index in [0.29, 0.717) is 23.1 Å². The van der Waals surface area contributed by atoms with Gasteiger partial charge in [0.2, 0.25) is 5.91 Å². The number of carbonyl (C=O) groups excluding carboxylic acids is 3. The molecule has 170 valence electrons. The Bertz CT molecular complexity index is 1210. The normalized spacial score (nSPS) is 10.8. The quantitative estimate of drug-likeness (QED) is 0.272. The zero-order chi connectivity index (χ0) is 24.0. The molecule has 0 saturated carbocycles. The van der Waals surface area contributed by atoms with Gasteiger partial charge in [-0.1, -0.05) is 0 Å². The summed E-state index contributed by atoms with van der Waals surface area (Å²) in [4.78, 5) is 40.9. The number of allylic oxidation sites excluding steroid dienone is 1. The third-order valence-corrected chi connectivity index (χ3v) is 5.14. The molecule has 2 aromatic carbocycles. The second-order valence-corrected chi connectivity index (χ2v) is 7.43. The second kappa shape index (κ2) is 10.6. The van der Waals surface area contributed by atoms with E-state index in [-0.39, 0.29) is 23.2 Å². The van der Waals surface area contributed by atoms with Crippen LogP contribution in [0.4, 0.5) is 19.6 Å². The Kier molecular flexibility index (Phi) is 7.62. The molecule has 0 aliphatic carbocycles. The minimum atomic E-state index is -0.897. The van der Waals surface area contributed by atoms with Crippen LogP contribution in [0.5, 0.6) is 5.75 Å². The minimum Gasteiger partial charge on any atom is -0.482 e. The van der Waals surface area contributed by atoms with Crippen LogP contribution < -0.4 is 9.64 Å². The van der Waals surface area contributed by atoms with Gasteiger partial charge >= 0.3 is 5.97 Å². The highest BCUT2D eigenvalue weighted by Crippen LogP contribution is 2.31. The Morgan fingerprint density at radius 1 is 1.12 bits per heavy atom. The van der Waals surface area contributed by atoms with Crippen molar-refractivity contribution in [2.75, 3.05) is 18.6 Å². The number of thiazole rings is 1. The fraction of sp³-hybridized carbons (Fsp3) is 0.130. The van der Waals surface area contributed by atoms with Crippen molar-refractivity contribution in [3.8, 4) is 5.75 Å². The van der Waals surface area contributed by atoms with E-state index in [2.05, 4.69) is 9.72 Å². The van der Waals surface area contributed by atoms with Gasteiger partial charge in [0.25, 0.3) is 0 Å². The number of carbonyl (C=O) groups is 3. The van der Waals surface area contributed by atoms with Crippen LogP contribution in [0, 0.1) is 11.6 Å². The average molecular weight is 472 g/mol. The molecule has 0 unspecified atom stereocenters. The Balaban J connectivity index is 1.71. The number of benzene rings is 2. The van der Waals surface area contributed by atoms with E-state index in [1.165, 1.54) is 26.2 Å². The number of anilines is 2. The first-order valence-corrected chi connectivity index (χ1v) is 10.4. The highest BCUT2D eigenvalue weighted by Gasteiger charge is 2.21. The van der Waals surface area contributed by atoms with Crippen molar-refractivity contribution in [1.29, 1.82) is 0 Å². The van der Waals surface area contributed by atoms with E-state index in [1.807, 2.05) is 0 Å². The first kappa shape index (κ1) is 23.7. The zero-order valence-corrected chi connectivity index (χ0v) is 18.4. The highest BCUT2D eigenvalue weighted by molar-refractivity contribution is 7.14. The number of aromatic nitrogens is 1. The number of rotatable bonds is 8. The number of amides is 1. The maximum Gasteiger partial charge on any atom is 0.343 e. The lowest BCUT2D eigenvalue weighted by molar-refractivity contribution is -0.142. The molecule has 3 rings (SSSR count). The van der Waals surface area contributed by atoms with Gasteiger partial charge < -0.3 is 9.47 Å². The summed E-state index contributed by atoms with van der Waals surface area (Å²) in [7, 11) is 1.25. The maximum absolute atomic E-state index is 14.2. The molecule has 0 bridgehead atoms. The monoisotopic (exact) mass is 472 g/mol. The van der Waals surface area contributed by atoms with Gasteiger partial charge in [-0.25, -0.2) is 18.6 Å². The molecule has 0 saturated heterocycles. The number of esters is 1. The molecule has 0 spiro atoms. The maximum atomic E-state index is 14.2. The van der Waals surface area contributed by atoms with Gasteiger partial charge in [-0.15, -0.1) is 11.3 Å². The Hall–Kier alpha value is -3.92. The van der Waals surface area contributed by atoms with Gasteiger partial charge in [0.1, 0.15) is 17.4 Å². The van der Waals surface area contributed by atoms with Crippen LogP contribution in [-0.4, -0.2) is 36.4 Å². The van der Waals surface area contributed by atoms with E-state index in [1.54, 1.807) is 29.6 Å². The molecule has 0 N–H and O–H groups in total. The number of hydrogen-bond acceptors (Lipinski definition) is 7. The van der Waals surface area contributed by atoms with Crippen molar-refractivity contribution in [2.24, 2.45) is 0 Å². The van der Waals surface area contributed by atoms with E-state index >= 15 is 0 Å². The lowest BCUT2D eigenvalue weighted by Gasteiger charge is -2.18. The molecule has 1 heterocycles. The molecule has 7 nitrogen and oxygen atoms in total. The van der Waals surface area contributed by atoms with E-state index in [4.69, 9.17) is 4.74 Å². The summed E-state index contributed by atoms with van der Waals surface area (Å²) in [6.45, 7) is 0.997. The van der Waals surface area contributed by atoms with Crippen molar-refractivity contribution in [1.82, 2.24) is 4.98 Å². The van der Waals surface area contributed by atoms with Gasteiger partial charge in [-0.05, 0) is 48.6 Å². The fourth-order valence-electron chi connectivity index (χ4n) is 2.70. The van der Waals surface area contributed by atoms with Crippen LogP contribution in [0.3, 0.4) is 0 Å². The Morgan fingerprint density at radius 3 is 2.48 bits per heavy atom. The molecule has 33 heavy (non-hydrogen) atoms. The Labute approximate surface area is 191 Å². The topological polar surface area (TPSA) is 85.8 Å². The molecule has 3 aromatic rings. The van der Waals surface area contributed by atoms with Crippen molar-refractivity contribution >= 4 is 45.9 Å². The molecular weight excluding hydrogens is 454 g/mol. The van der Waals surface area contributed by atoms with Crippen LogP contribution in [-0.2, 0) is 14.3 Å². The fourth-order valence-corrected chi connectivity index (χ4v) is 3.55. The predicted octanol–water partition coefficient (Wildman–Crippen LogP) is 4.55. The first-order valence-electron chi connectivity index (χ1n) is 9.52. The third kappa shape index (κ3) is 6.07. The first-order chi connectivity index (χ1) is 15.8. The largest absolute Gasteiger partial charge is 0.482 e. The zero-order valence-electron chi connectivity index (χ0n) is 17.6. The third-order valence-electron chi connectivity index (χ3n) is 4.30. The van der Waals surface area contributed by atoms with Crippen molar-refractivity contribution in [3.63, 3.8) is 0 Å². The molecule has 10 heteroatoms. The lowest BCUT2D eigenvalue weighted by atomic mass is 10.1. The van der Waals surface area contributed by atoms with Crippen LogP contribution in [0.25, 0.3) is 6.08 Å². The SMILES string of the molecule is COC(=O)COc1ccc(C(=O)/C=C/c2csc(N(C(C)=O)c3ccc(F)cc3F)n2)cc1. The van der Waals surface area contributed by atoms with Crippen molar-refractivity contribution in [3.05, 3.63) is 76.8 Å². The van der Waals surface area contributed by atoms with Crippen LogP contribution in [0.2, 0.25) is 0 Å². The van der Waals surface area contributed by atoms with Crippen LogP contribution in [0.1, 0.15) is 23.0 Å². The molecule has 1 amide bonds. The molecule has 0 radical (unpaired) electrons. The second-order valence-electron chi connectivity index (χ2n) is 6.59. The summed E-state index contributed by atoms with van der Waals surface area (Å²) >= 11 is 1.07. The van der Waals surface area contributed by atoms with Crippen LogP contribution >= 0.6 is 11.3 Å². The predicted molar refractivity (Wildman–Crippen MR) is 119 cm³/mol. The molecule has 0 atom stereocenters. The van der Waals surface area contributed by atoms with Gasteiger partial charge in [0.15, 0.2) is 17.5 Å². The summed E-state index contributed by atoms with van der Waals surface area (Å²) in [5.74, 6) is -2.59. The average Bonchev–Trinajstić information content (AvgIpc) is 3.26. The van der Waals surface area contributed by atoms with Crippen LogP contribution in [0.15, 0.2) is 53.9 Å². The number of hydrogen-bond donors (Lipinski definition) is 0. The molecular formula is C23H18F2N2O5S. The summed E-state index contributed by atoms with van der Waals surface area (Å²) in [6, 6.07) is 9.07. The molecule has 0 aliphatic rings. The summed E-state index contributed by atoms with van der Waals surface area (Å²) in [6.07, 6.45) is 2.77. The van der Waals surface area contributed by atoms with E-state index < -0.39 is 23.5 Å². The number of methoxy groups -OCH3 is 1. The van der Waals surface area contributed by atoms with Gasteiger partial charge in [0.05, 0.1) is 18.5 Å².